The van der Waals surface area contributed by atoms with Crippen LogP contribution in [0.25, 0.3) is 0 Å². The zero-order chi connectivity index (χ0) is 13.7. The molecule has 2 unspecified atom stereocenters. The first-order chi connectivity index (χ1) is 9.26. The fraction of sp³-hybridized carbons (Fsp3) is 0.533. The molecule has 0 saturated carbocycles. The van der Waals surface area contributed by atoms with E-state index in [1.807, 2.05) is 25.1 Å². The van der Waals surface area contributed by atoms with E-state index in [-0.39, 0.29) is 12.0 Å². The molecule has 0 N–H and O–H groups in total. The lowest BCUT2D eigenvalue weighted by Crippen LogP contribution is -2.16. The van der Waals surface area contributed by atoms with Crippen LogP contribution in [0, 0.1) is 0 Å². The highest BCUT2D eigenvalue weighted by Gasteiger charge is 2.21. The average molecular weight is 264 g/mol. The van der Waals surface area contributed by atoms with Crippen LogP contribution in [-0.2, 0) is 9.53 Å². The topological polar surface area (TPSA) is 44.8 Å². The van der Waals surface area contributed by atoms with Crippen LogP contribution in [0.3, 0.4) is 0 Å². The number of aldehydes is 1. The minimum absolute atomic E-state index is 0.0885. The highest BCUT2D eigenvalue weighted by Crippen LogP contribution is 2.37. The second-order valence-corrected chi connectivity index (χ2v) is 4.79. The van der Waals surface area contributed by atoms with Crippen LogP contribution >= 0.6 is 0 Å². The second kappa shape index (κ2) is 6.57. The van der Waals surface area contributed by atoms with Crippen molar-refractivity contribution in [3.63, 3.8) is 0 Å². The maximum absolute atomic E-state index is 10.7. The van der Waals surface area contributed by atoms with Crippen LogP contribution in [0.15, 0.2) is 18.2 Å². The Hall–Kier alpha value is -1.55. The number of hydrogen-bond acceptors (Lipinski definition) is 4. The van der Waals surface area contributed by atoms with E-state index in [9.17, 15) is 4.79 Å². The Balaban J connectivity index is 2.22. The molecule has 4 heteroatoms. The fourth-order valence-electron chi connectivity index (χ4n) is 2.29. The van der Waals surface area contributed by atoms with Gasteiger partial charge in [0.2, 0.25) is 0 Å². The average Bonchev–Trinajstić information content (AvgIpc) is 2.91. The first-order valence-electron chi connectivity index (χ1n) is 6.61. The molecule has 4 nitrogen and oxygen atoms in total. The van der Waals surface area contributed by atoms with Crippen LogP contribution in [0.4, 0.5) is 0 Å². The molecule has 19 heavy (non-hydrogen) atoms. The van der Waals surface area contributed by atoms with Crippen molar-refractivity contribution in [2.24, 2.45) is 0 Å². The third-order valence-electron chi connectivity index (χ3n) is 3.38. The maximum Gasteiger partial charge on any atom is 0.164 e. The summed E-state index contributed by atoms with van der Waals surface area (Å²) in [7, 11) is 1.63. The molecule has 1 aromatic rings. The molecule has 0 spiro atoms. The van der Waals surface area contributed by atoms with Gasteiger partial charge in [-0.1, -0.05) is 19.1 Å². The Labute approximate surface area is 113 Å². The fourth-order valence-corrected chi connectivity index (χ4v) is 2.29. The molecule has 0 aromatic heterocycles. The monoisotopic (exact) mass is 264 g/mol. The summed E-state index contributed by atoms with van der Waals surface area (Å²) < 4.78 is 16.7. The first kappa shape index (κ1) is 13.9. The number of rotatable bonds is 6. The van der Waals surface area contributed by atoms with Crippen molar-refractivity contribution in [3.05, 3.63) is 23.8 Å². The van der Waals surface area contributed by atoms with Crippen LogP contribution in [0.1, 0.15) is 31.2 Å². The summed E-state index contributed by atoms with van der Waals surface area (Å²) in [5.41, 5.74) is 1.01. The lowest BCUT2D eigenvalue weighted by Gasteiger charge is -2.19. The molecule has 2 atom stereocenters. The van der Waals surface area contributed by atoms with E-state index in [2.05, 4.69) is 0 Å². The van der Waals surface area contributed by atoms with Gasteiger partial charge >= 0.3 is 0 Å². The van der Waals surface area contributed by atoms with Crippen molar-refractivity contribution in [2.45, 2.75) is 31.8 Å². The Morgan fingerprint density at radius 2 is 2.37 bits per heavy atom. The van der Waals surface area contributed by atoms with E-state index in [1.54, 1.807) is 7.11 Å². The van der Waals surface area contributed by atoms with Gasteiger partial charge in [0, 0.05) is 18.4 Å². The second-order valence-electron chi connectivity index (χ2n) is 4.79. The van der Waals surface area contributed by atoms with Gasteiger partial charge in [-0.05, 0) is 12.0 Å². The van der Waals surface area contributed by atoms with Crippen LogP contribution in [0.5, 0.6) is 11.5 Å². The van der Waals surface area contributed by atoms with Crippen molar-refractivity contribution >= 4 is 6.29 Å². The van der Waals surface area contributed by atoms with E-state index in [4.69, 9.17) is 14.2 Å². The number of ether oxygens (including phenoxy) is 3. The molecule has 1 aromatic carbocycles. The molecule has 0 radical (unpaired) electrons. The molecule has 1 heterocycles. The molecule has 1 aliphatic rings. The van der Waals surface area contributed by atoms with Crippen molar-refractivity contribution in [2.75, 3.05) is 20.3 Å². The zero-order valence-electron chi connectivity index (χ0n) is 11.4. The van der Waals surface area contributed by atoms with Gasteiger partial charge in [0.25, 0.3) is 0 Å². The third-order valence-corrected chi connectivity index (χ3v) is 3.38. The van der Waals surface area contributed by atoms with Gasteiger partial charge in [0.05, 0.1) is 20.3 Å². The predicted molar refractivity (Wildman–Crippen MR) is 71.9 cm³/mol. The number of methoxy groups -OCH3 is 1. The van der Waals surface area contributed by atoms with Crippen molar-refractivity contribution in [3.8, 4) is 11.5 Å². The van der Waals surface area contributed by atoms with E-state index >= 15 is 0 Å². The van der Waals surface area contributed by atoms with Gasteiger partial charge in [-0.3, -0.25) is 0 Å². The van der Waals surface area contributed by atoms with Crippen molar-refractivity contribution in [1.29, 1.82) is 0 Å². The molecule has 2 rings (SSSR count). The highest BCUT2D eigenvalue weighted by atomic mass is 16.6. The summed E-state index contributed by atoms with van der Waals surface area (Å²) in [6.07, 6.45) is 2.40. The SMILES string of the molecule is COc1c(OC2CCOC2)cccc1C(C)CC=O. The van der Waals surface area contributed by atoms with Gasteiger partial charge in [0.15, 0.2) is 11.5 Å². The number of benzene rings is 1. The molecule has 104 valence electrons. The number of hydrogen-bond donors (Lipinski definition) is 0. The highest BCUT2D eigenvalue weighted by molar-refractivity contribution is 5.55. The number of para-hydroxylation sites is 1. The lowest BCUT2D eigenvalue weighted by molar-refractivity contribution is -0.108. The van der Waals surface area contributed by atoms with Crippen LogP contribution < -0.4 is 9.47 Å². The molecule has 0 aliphatic carbocycles. The van der Waals surface area contributed by atoms with E-state index in [1.165, 1.54) is 0 Å². The largest absolute Gasteiger partial charge is 0.493 e. The Kier molecular flexibility index (Phi) is 4.80. The number of carbonyl (C=O) groups is 1. The van der Waals surface area contributed by atoms with E-state index in [0.717, 1.165) is 36.4 Å². The minimum atomic E-state index is 0.0885. The Morgan fingerprint density at radius 3 is 3.00 bits per heavy atom. The summed E-state index contributed by atoms with van der Waals surface area (Å²) in [6, 6.07) is 5.81. The van der Waals surface area contributed by atoms with Gasteiger partial charge < -0.3 is 19.0 Å². The molecule has 1 fully saturated rings. The Morgan fingerprint density at radius 1 is 1.53 bits per heavy atom. The number of carbonyl (C=O) groups excluding carboxylic acids is 1. The Bertz CT molecular complexity index is 424. The third kappa shape index (κ3) is 3.26. The lowest BCUT2D eigenvalue weighted by atomic mass is 9.97. The summed E-state index contributed by atoms with van der Waals surface area (Å²) >= 11 is 0. The molecule has 0 bridgehead atoms. The molecular weight excluding hydrogens is 244 g/mol. The molecule has 1 saturated heterocycles. The smallest absolute Gasteiger partial charge is 0.164 e. The van der Waals surface area contributed by atoms with Gasteiger partial charge in [0.1, 0.15) is 12.4 Å². The summed E-state index contributed by atoms with van der Waals surface area (Å²) in [5.74, 6) is 1.58. The minimum Gasteiger partial charge on any atom is -0.493 e. The van der Waals surface area contributed by atoms with Crippen LogP contribution in [-0.4, -0.2) is 32.7 Å². The summed E-state index contributed by atoms with van der Waals surface area (Å²) in [6.45, 7) is 3.38. The summed E-state index contributed by atoms with van der Waals surface area (Å²) in [4.78, 5) is 10.7. The summed E-state index contributed by atoms with van der Waals surface area (Å²) in [5, 5.41) is 0. The molecule has 1 aliphatic heterocycles. The predicted octanol–water partition coefficient (Wildman–Crippen LogP) is 2.56. The van der Waals surface area contributed by atoms with E-state index in [0.29, 0.717) is 13.0 Å². The molecular formula is C15H20O4. The molecule has 0 amide bonds. The van der Waals surface area contributed by atoms with E-state index < -0.39 is 0 Å². The van der Waals surface area contributed by atoms with Gasteiger partial charge in [-0.2, -0.15) is 0 Å². The van der Waals surface area contributed by atoms with Gasteiger partial charge in [-0.25, -0.2) is 0 Å². The quantitative estimate of drug-likeness (QED) is 0.741. The normalized spacial score (nSPS) is 20.0. The van der Waals surface area contributed by atoms with Gasteiger partial charge in [-0.15, -0.1) is 0 Å². The first-order valence-corrected chi connectivity index (χ1v) is 6.61. The zero-order valence-corrected chi connectivity index (χ0v) is 11.4. The maximum atomic E-state index is 10.7. The standard InChI is InChI=1S/C15H20O4/c1-11(6-8-16)13-4-3-5-14(15(13)17-2)19-12-7-9-18-10-12/h3-5,8,11-12H,6-7,9-10H2,1-2H3. The van der Waals surface area contributed by atoms with Crippen LogP contribution in [0.2, 0.25) is 0 Å². The van der Waals surface area contributed by atoms with Crippen molar-refractivity contribution in [1.82, 2.24) is 0 Å². The van der Waals surface area contributed by atoms with Crippen molar-refractivity contribution < 1.29 is 19.0 Å².